The number of aromatic nitrogens is 3. The van der Waals surface area contributed by atoms with Crippen LogP contribution < -0.4 is 0 Å². The lowest BCUT2D eigenvalue weighted by Crippen LogP contribution is -2.14. The minimum atomic E-state index is 0.535. The molecule has 1 rings (SSSR count). The lowest BCUT2D eigenvalue weighted by Gasteiger charge is -2.17. The molecule has 0 amide bonds. The van der Waals surface area contributed by atoms with Crippen molar-refractivity contribution in [3.8, 4) is 0 Å². The Morgan fingerprint density at radius 1 is 0.381 bits per heavy atom. The van der Waals surface area contributed by atoms with Gasteiger partial charge in [-0.1, -0.05) is 35.3 Å². The van der Waals surface area contributed by atoms with E-state index in [1.54, 1.807) is 35.3 Å². The number of rotatable bonds is 30. The topological polar surface area (TPSA) is 38.7 Å². The van der Waals surface area contributed by atoms with E-state index in [4.69, 9.17) is 15.0 Å². The molecule has 0 aliphatic heterocycles. The molecule has 3 unspecified atom stereocenters. The maximum atomic E-state index is 4.94. The standard InChI is InChI=1S/C24H45N3S15/c28-1-7-34-13-19(37-10-4-31)16-40-22-25-23(41-17-20(38-11-5-32)14-35-8-2-29)27-24(26-22)42-18-21(39-12-6-33)15-36-9-3-30/h19-21,28-33H,1-18H2. The van der Waals surface area contributed by atoms with Gasteiger partial charge >= 0.3 is 0 Å². The van der Waals surface area contributed by atoms with Crippen LogP contribution in [0.4, 0.5) is 0 Å². The summed E-state index contributed by atoms with van der Waals surface area (Å²) in [5, 5.41) is 4.14. The molecular weight excluding hydrogens is 811 g/mol. The Kier molecular flexibility index (Phi) is 34.2. The zero-order valence-corrected chi connectivity index (χ0v) is 36.4. The van der Waals surface area contributed by atoms with Crippen molar-refractivity contribution in [2.24, 2.45) is 0 Å². The van der Waals surface area contributed by atoms with E-state index in [2.05, 4.69) is 75.8 Å². The zero-order valence-electron chi connectivity index (χ0n) is 23.7. The lowest BCUT2D eigenvalue weighted by molar-refractivity contribution is 0.716. The van der Waals surface area contributed by atoms with Gasteiger partial charge in [0.15, 0.2) is 15.5 Å². The second kappa shape index (κ2) is 32.5. The number of hydrogen-bond acceptors (Lipinski definition) is 18. The molecule has 0 spiro atoms. The van der Waals surface area contributed by atoms with Gasteiger partial charge in [0, 0.05) is 84.8 Å². The lowest BCUT2D eigenvalue weighted by atomic mass is 10.5. The highest BCUT2D eigenvalue weighted by molar-refractivity contribution is 8.07. The van der Waals surface area contributed by atoms with Crippen molar-refractivity contribution in [1.29, 1.82) is 0 Å². The van der Waals surface area contributed by atoms with Crippen molar-refractivity contribution in [2.45, 2.75) is 31.2 Å². The van der Waals surface area contributed by atoms with Crippen molar-refractivity contribution in [3.05, 3.63) is 0 Å². The predicted molar refractivity (Wildman–Crippen MR) is 236 cm³/mol. The molecule has 0 aliphatic carbocycles. The van der Waals surface area contributed by atoms with E-state index in [-0.39, 0.29) is 0 Å². The first kappa shape index (κ1) is 44.3. The van der Waals surface area contributed by atoms with Gasteiger partial charge in [-0.2, -0.15) is 161 Å². The molecule has 3 atom stereocenters. The SMILES string of the molecule is SCCSCC(CSc1nc(SCC(CSCCS)SCCS)nc(SCC(CSCCS)SCCS)n1)SCCS. The number of thiol groups is 6. The Morgan fingerprint density at radius 2 is 0.643 bits per heavy atom. The van der Waals surface area contributed by atoms with E-state index in [9.17, 15) is 0 Å². The predicted octanol–water partition coefficient (Wildman–Crippen LogP) is 8.23. The van der Waals surface area contributed by atoms with Crippen LogP contribution in [0, 0.1) is 0 Å². The molecule has 0 aromatic carbocycles. The molecular formula is C24H45N3S15. The van der Waals surface area contributed by atoms with Gasteiger partial charge in [0.05, 0.1) is 0 Å². The first-order chi connectivity index (χ1) is 20.6. The molecule has 0 fully saturated rings. The first-order valence-electron chi connectivity index (χ1n) is 13.5. The van der Waals surface area contributed by atoms with Gasteiger partial charge in [-0.15, -0.1) is 0 Å². The van der Waals surface area contributed by atoms with E-state index in [1.165, 1.54) is 0 Å². The van der Waals surface area contributed by atoms with Crippen LogP contribution in [0.1, 0.15) is 0 Å². The number of thioether (sulfide) groups is 9. The van der Waals surface area contributed by atoms with Crippen LogP contribution in [0.3, 0.4) is 0 Å². The quantitative estimate of drug-likeness (QED) is 0.0257. The summed E-state index contributed by atoms with van der Waals surface area (Å²) in [4.78, 5) is 14.8. The van der Waals surface area contributed by atoms with Crippen LogP contribution in [-0.2, 0) is 0 Å². The molecule has 0 aliphatic rings. The zero-order chi connectivity index (χ0) is 30.7. The summed E-state index contributed by atoms with van der Waals surface area (Å²) >= 11 is 43.7. The fourth-order valence-electron chi connectivity index (χ4n) is 2.95. The minimum absolute atomic E-state index is 0.535. The summed E-state index contributed by atoms with van der Waals surface area (Å²) in [5.41, 5.74) is 0. The third-order valence-corrected chi connectivity index (χ3v) is 19.3. The highest BCUT2D eigenvalue weighted by Crippen LogP contribution is 2.31. The van der Waals surface area contributed by atoms with Gasteiger partial charge in [-0.25, -0.2) is 0 Å². The average Bonchev–Trinajstić information content (AvgIpc) is 3.00. The van der Waals surface area contributed by atoms with Gasteiger partial charge in [-0.3, -0.25) is 0 Å². The van der Waals surface area contributed by atoms with E-state index >= 15 is 0 Å². The highest BCUT2D eigenvalue weighted by Gasteiger charge is 2.17. The van der Waals surface area contributed by atoms with Crippen LogP contribution in [0.25, 0.3) is 0 Å². The largest absolute Gasteiger partial charge is 0.196 e. The Hall–Kier alpha value is 4.26. The summed E-state index contributed by atoms with van der Waals surface area (Å²) in [6.45, 7) is 0. The summed E-state index contributed by atoms with van der Waals surface area (Å²) in [7, 11) is 0. The normalized spacial score (nSPS) is 13.9. The molecule has 0 N–H and O–H groups in total. The molecule has 246 valence electrons. The van der Waals surface area contributed by atoms with Gasteiger partial charge < -0.3 is 0 Å². The van der Waals surface area contributed by atoms with Crippen LogP contribution in [0.5, 0.6) is 0 Å². The second-order valence-corrected chi connectivity index (χ2v) is 21.5. The van der Waals surface area contributed by atoms with E-state index in [0.717, 1.165) is 119 Å². The Labute approximate surface area is 327 Å². The molecule has 0 saturated heterocycles. The van der Waals surface area contributed by atoms with Gasteiger partial charge in [0.1, 0.15) is 0 Å². The molecule has 1 aromatic heterocycles. The molecule has 0 bridgehead atoms. The highest BCUT2D eigenvalue weighted by atomic mass is 32.2. The van der Waals surface area contributed by atoms with Crippen molar-refractivity contribution < 1.29 is 0 Å². The Bertz CT molecular complexity index is 648. The van der Waals surface area contributed by atoms with Gasteiger partial charge in [0.25, 0.3) is 0 Å². The molecule has 0 radical (unpaired) electrons. The fourth-order valence-corrected chi connectivity index (χ4v) is 15.1. The van der Waals surface area contributed by atoms with Crippen LogP contribution >= 0.6 is 182 Å². The molecule has 42 heavy (non-hydrogen) atoms. The Balaban J connectivity index is 3.02. The summed E-state index contributed by atoms with van der Waals surface area (Å²) in [6, 6.07) is 0. The van der Waals surface area contributed by atoms with Crippen LogP contribution in [0.15, 0.2) is 15.5 Å². The summed E-state index contributed by atoms with van der Waals surface area (Å²) in [6.07, 6.45) is 0. The first-order valence-corrected chi connectivity index (χ1v) is 26.8. The monoisotopic (exact) mass is 855 g/mol. The Morgan fingerprint density at radius 3 is 0.881 bits per heavy atom. The van der Waals surface area contributed by atoms with E-state index in [0.29, 0.717) is 15.7 Å². The van der Waals surface area contributed by atoms with Crippen LogP contribution in [0.2, 0.25) is 0 Å². The third kappa shape index (κ3) is 24.4. The maximum absolute atomic E-state index is 4.94. The van der Waals surface area contributed by atoms with E-state index in [1.807, 2.05) is 70.6 Å². The molecule has 1 aromatic rings. The fraction of sp³-hybridized carbons (Fsp3) is 0.875. The van der Waals surface area contributed by atoms with E-state index < -0.39 is 0 Å². The molecule has 0 saturated carbocycles. The second-order valence-electron chi connectivity index (χ2n) is 8.16. The molecule has 1 heterocycles. The van der Waals surface area contributed by atoms with Gasteiger partial charge in [-0.05, 0) is 34.5 Å². The number of hydrogen-bond donors (Lipinski definition) is 6. The van der Waals surface area contributed by atoms with Crippen molar-refractivity contribution in [2.75, 3.05) is 104 Å². The smallest absolute Gasteiger partial charge is 0.192 e. The van der Waals surface area contributed by atoms with Crippen molar-refractivity contribution in [3.63, 3.8) is 0 Å². The van der Waals surface area contributed by atoms with Crippen molar-refractivity contribution in [1.82, 2.24) is 15.0 Å². The molecule has 3 nitrogen and oxygen atoms in total. The van der Waals surface area contributed by atoms with Gasteiger partial charge in [0.2, 0.25) is 0 Å². The summed E-state index contributed by atoms with van der Waals surface area (Å²) < 4.78 is 0. The average molecular weight is 857 g/mol. The molecule has 18 heteroatoms. The summed E-state index contributed by atoms with van der Waals surface area (Å²) in [5.74, 6) is 18.1. The van der Waals surface area contributed by atoms with Crippen molar-refractivity contribution >= 4 is 182 Å². The maximum Gasteiger partial charge on any atom is 0.192 e. The third-order valence-electron chi connectivity index (χ3n) is 4.72. The minimum Gasteiger partial charge on any atom is -0.196 e. The van der Waals surface area contributed by atoms with Crippen LogP contribution in [-0.4, -0.2) is 134 Å². The number of nitrogens with zero attached hydrogens (tertiary/aromatic N) is 3.